The monoisotopic (exact) mass is 273 g/mol. The van der Waals surface area contributed by atoms with Crippen LogP contribution in [0.4, 0.5) is 0 Å². The number of imidazole rings is 1. The van der Waals surface area contributed by atoms with E-state index in [4.69, 9.17) is 0 Å². The summed E-state index contributed by atoms with van der Waals surface area (Å²) in [5.74, 6) is 0. The molecule has 0 saturated heterocycles. The molecule has 4 nitrogen and oxygen atoms in total. The molecule has 0 unspecified atom stereocenters. The third-order valence-corrected chi connectivity index (χ3v) is 3.38. The first-order chi connectivity index (χ1) is 9.83. The lowest BCUT2D eigenvalue weighted by Gasteiger charge is -2.17. The topological polar surface area (TPSA) is 50.1 Å². The smallest absolute Gasteiger partial charge is 0.0948 e. The summed E-state index contributed by atoms with van der Waals surface area (Å²) in [6, 6.07) is 10.3. The van der Waals surface area contributed by atoms with Gasteiger partial charge in [0.25, 0.3) is 0 Å². The number of hydrogen-bond donors (Lipinski definition) is 2. The fourth-order valence-electron chi connectivity index (χ4n) is 2.29. The average molecular weight is 273 g/mol. The van der Waals surface area contributed by atoms with Crippen molar-refractivity contribution in [1.82, 2.24) is 14.9 Å². The molecular weight excluding hydrogens is 250 g/mol. The Bertz CT molecular complexity index is 495. The lowest BCUT2D eigenvalue weighted by Crippen LogP contribution is -2.34. The summed E-state index contributed by atoms with van der Waals surface area (Å²) in [6.07, 6.45) is 5.68. The summed E-state index contributed by atoms with van der Waals surface area (Å²) in [5, 5.41) is 12.9. The van der Waals surface area contributed by atoms with Gasteiger partial charge in [0.1, 0.15) is 0 Å². The Morgan fingerprint density at radius 3 is 2.80 bits per heavy atom. The van der Waals surface area contributed by atoms with Crippen LogP contribution in [-0.2, 0) is 19.5 Å². The predicted octanol–water partition coefficient (Wildman–Crippen LogP) is 1.99. The summed E-state index contributed by atoms with van der Waals surface area (Å²) in [7, 11) is 0. The van der Waals surface area contributed by atoms with Gasteiger partial charge in [-0.15, -0.1) is 0 Å². The van der Waals surface area contributed by atoms with Gasteiger partial charge in [0.15, 0.2) is 0 Å². The van der Waals surface area contributed by atoms with E-state index in [0.29, 0.717) is 0 Å². The first kappa shape index (κ1) is 14.8. The molecule has 0 radical (unpaired) electrons. The van der Waals surface area contributed by atoms with Gasteiger partial charge in [-0.1, -0.05) is 37.3 Å². The molecule has 0 amide bonds. The van der Waals surface area contributed by atoms with Crippen LogP contribution in [0.5, 0.6) is 0 Å². The van der Waals surface area contributed by atoms with Crippen molar-refractivity contribution in [1.29, 1.82) is 0 Å². The van der Waals surface area contributed by atoms with Crippen LogP contribution in [0.2, 0.25) is 0 Å². The Morgan fingerprint density at radius 1 is 1.30 bits per heavy atom. The molecule has 1 heterocycles. The van der Waals surface area contributed by atoms with E-state index in [1.165, 1.54) is 11.3 Å². The Hall–Kier alpha value is -1.65. The molecule has 1 atom stereocenters. The van der Waals surface area contributed by atoms with Gasteiger partial charge in [0.2, 0.25) is 0 Å². The molecular formula is C16H23N3O. The molecule has 108 valence electrons. The number of aliphatic hydroxyl groups excluding tert-OH is 1. The second-order valence-electron chi connectivity index (χ2n) is 5.03. The minimum absolute atomic E-state index is 0.0716. The minimum atomic E-state index is 0.0716. The maximum atomic E-state index is 9.50. The van der Waals surface area contributed by atoms with Crippen LogP contribution < -0.4 is 5.32 Å². The van der Waals surface area contributed by atoms with Crippen LogP contribution in [0.25, 0.3) is 0 Å². The number of aryl methyl sites for hydroxylation is 1. The highest BCUT2D eigenvalue weighted by Gasteiger charge is 2.09. The molecule has 0 bridgehead atoms. The van der Waals surface area contributed by atoms with Crippen molar-refractivity contribution in [2.75, 3.05) is 6.61 Å². The van der Waals surface area contributed by atoms with Crippen LogP contribution in [-0.4, -0.2) is 27.3 Å². The normalized spacial score (nSPS) is 12.5. The third-order valence-electron chi connectivity index (χ3n) is 3.38. The number of benzene rings is 1. The van der Waals surface area contributed by atoms with Gasteiger partial charge < -0.3 is 15.0 Å². The Balaban J connectivity index is 1.89. The fourth-order valence-corrected chi connectivity index (χ4v) is 2.29. The molecule has 1 aromatic heterocycles. The Kier molecular flexibility index (Phi) is 5.77. The highest BCUT2D eigenvalue weighted by molar-refractivity contribution is 5.16. The molecule has 0 spiro atoms. The number of aliphatic hydroxyl groups is 1. The number of aromatic nitrogens is 2. The summed E-state index contributed by atoms with van der Waals surface area (Å²) in [6.45, 7) is 4.01. The van der Waals surface area contributed by atoms with Gasteiger partial charge >= 0.3 is 0 Å². The van der Waals surface area contributed by atoms with E-state index in [1.807, 2.05) is 30.7 Å². The first-order valence-electron chi connectivity index (χ1n) is 7.20. The van der Waals surface area contributed by atoms with E-state index >= 15 is 0 Å². The van der Waals surface area contributed by atoms with E-state index < -0.39 is 0 Å². The quantitative estimate of drug-likeness (QED) is 0.773. The molecule has 2 rings (SSSR count). The molecule has 0 aliphatic rings. The van der Waals surface area contributed by atoms with Crippen molar-refractivity contribution >= 4 is 0 Å². The molecule has 0 saturated carbocycles. The van der Waals surface area contributed by atoms with Gasteiger partial charge in [0.05, 0.1) is 18.6 Å². The summed E-state index contributed by atoms with van der Waals surface area (Å²) in [5.41, 5.74) is 2.40. The average Bonchev–Trinajstić information content (AvgIpc) is 2.92. The zero-order chi connectivity index (χ0) is 14.2. The molecule has 0 aliphatic carbocycles. The maximum absolute atomic E-state index is 9.50. The summed E-state index contributed by atoms with van der Waals surface area (Å²) >= 11 is 0. The lowest BCUT2D eigenvalue weighted by atomic mass is 10.1. The summed E-state index contributed by atoms with van der Waals surface area (Å²) < 4.78 is 2.16. The zero-order valence-electron chi connectivity index (χ0n) is 12.0. The van der Waals surface area contributed by atoms with E-state index in [-0.39, 0.29) is 12.6 Å². The van der Waals surface area contributed by atoms with Crippen molar-refractivity contribution in [3.8, 4) is 0 Å². The fraction of sp³-hybridized carbons (Fsp3) is 0.438. The Morgan fingerprint density at radius 2 is 2.10 bits per heavy atom. The number of nitrogens with one attached hydrogen (secondary N) is 1. The van der Waals surface area contributed by atoms with Crippen molar-refractivity contribution in [3.05, 3.63) is 54.1 Å². The second-order valence-corrected chi connectivity index (χ2v) is 5.03. The van der Waals surface area contributed by atoms with Crippen LogP contribution in [0.3, 0.4) is 0 Å². The molecule has 0 fully saturated rings. The van der Waals surface area contributed by atoms with Crippen LogP contribution in [0, 0.1) is 0 Å². The van der Waals surface area contributed by atoms with Crippen molar-refractivity contribution in [2.45, 2.75) is 38.9 Å². The van der Waals surface area contributed by atoms with E-state index in [0.717, 1.165) is 25.9 Å². The van der Waals surface area contributed by atoms with Crippen molar-refractivity contribution in [2.24, 2.45) is 0 Å². The highest BCUT2D eigenvalue weighted by atomic mass is 16.3. The lowest BCUT2D eigenvalue weighted by molar-refractivity contribution is 0.240. The van der Waals surface area contributed by atoms with Crippen molar-refractivity contribution in [3.63, 3.8) is 0 Å². The number of nitrogens with zero attached hydrogens (tertiary/aromatic N) is 2. The number of hydrogen-bond acceptors (Lipinski definition) is 3. The van der Waals surface area contributed by atoms with E-state index in [2.05, 4.69) is 33.9 Å². The highest BCUT2D eigenvalue weighted by Crippen LogP contribution is 2.05. The first-order valence-corrected chi connectivity index (χ1v) is 7.20. The SMILES string of the molecule is CCCn1cncc1CN[C@@H](CO)Cc1ccccc1. The largest absolute Gasteiger partial charge is 0.395 e. The second kappa shape index (κ2) is 7.82. The van der Waals surface area contributed by atoms with E-state index in [9.17, 15) is 5.11 Å². The molecule has 2 aromatic rings. The van der Waals surface area contributed by atoms with Crippen LogP contribution >= 0.6 is 0 Å². The van der Waals surface area contributed by atoms with E-state index in [1.54, 1.807) is 0 Å². The minimum Gasteiger partial charge on any atom is -0.395 e. The van der Waals surface area contributed by atoms with Crippen LogP contribution in [0.15, 0.2) is 42.9 Å². The van der Waals surface area contributed by atoms with Crippen LogP contribution in [0.1, 0.15) is 24.6 Å². The molecule has 1 aromatic carbocycles. The molecule has 4 heteroatoms. The molecule has 0 aliphatic heterocycles. The molecule has 20 heavy (non-hydrogen) atoms. The summed E-state index contributed by atoms with van der Waals surface area (Å²) in [4.78, 5) is 4.19. The predicted molar refractivity (Wildman–Crippen MR) is 80.4 cm³/mol. The van der Waals surface area contributed by atoms with Gasteiger partial charge in [-0.05, 0) is 18.4 Å². The van der Waals surface area contributed by atoms with Crippen molar-refractivity contribution < 1.29 is 5.11 Å². The van der Waals surface area contributed by atoms with Gasteiger partial charge in [-0.25, -0.2) is 4.98 Å². The number of rotatable bonds is 8. The van der Waals surface area contributed by atoms with Gasteiger partial charge in [-0.3, -0.25) is 0 Å². The molecule has 2 N–H and O–H groups in total. The Labute approximate surface area is 120 Å². The van der Waals surface area contributed by atoms with Gasteiger partial charge in [0, 0.05) is 25.3 Å². The zero-order valence-corrected chi connectivity index (χ0v) is 12.0. The third kappa shape index (κ3) is 4.18. The van der Waals surface area contributed by atoms with Gasteiger partial charge in [-0.2, -0.15) is 0 Å². The maximum Gasteiger partial charge on any atom is 0.0948 e. The standard InChI is InChI=1S/C16H23N3O/c1-2-8-19-13-17-10-16(19)11-18-15(12-20)9-14-6-4-3-5-7-14/h3-7,10,13,15,18,20H,2,8-9,11-12H2,1H3/t15-/m1/s1.